The maximum atomic E-state index is 9.82. The molecule has 1 aromatic carbocycles. The van der Waals surface area contributed by atoms with Gasteiger partial charge in [0.25, 0.3) is 0 Å². The lowest BCUT2D eigenvalue weighted by Gasteiger charge is -2.27. The van der Waals surface area contributed by atoms with Crippen molar-refractivity contribution in [1.82, 2.24) is 4.90 Å². The maximum Gasteiger partial charge on any atom is 0.0867 e. The molecule has 1 atom stereocenters. The molecule has 0 fully saturated rings. The third kappa shape index (κ3) is 4.75. The standard InChI is InChI=1S/C13H22N2O/c1-13(16,10-14)11-15(2)9-8-12-6-4-3-5-7-12/h3-7,16H,8-11,14H2,1-2H3. The van der Waals surface area contributed by atoms with Crippen molar-refractivity contribution in [2.75, 3.05) is 26.7 Å². The van der Waals surface area contributed by atoms with Gasteiger partial charge in [0.1, 0.15) is 0 Å². The zero-order valence-corrected chi connectivity index (χ0v) is 10.2. The fourth-order valence-corrected chi connectivity index (χ4v) is 1.69. The molecule has 0 saturated carbocycles. The number of likely N-dealkylation sites (N-methyl/N-ethyl adjacent to an activating group) is 1. The number of nitrogens with zero attached hydrogens (tertiary/aromatic N) is 1. The number of nitrogens with two attached hydrogens (primary N) is 1. The monoisotopic (exact) mass is 222 g/mol. The van der Waals surface area contributed by atoms with Crippen LogP contribution < -0.4 is 5.73 Å². The van der Waals surface area contributed by atoms with Crippen LogP contribution in [0.3, 0.4) is 0 Å². The largest absolute Gasteiger partial charge is 0.388 e. The van der Waals surface area contributed by atoms with Crippen LogP contribution in [-0.4, -0.2) is 42.3 Å². The van der Waals surface area contributed by atoms with E-state index in [2.05, 4.69) is 17.0 Å². The Hall–Kier alpha value is -0.900. The van der Waals surface area contributed by atoms with E-state index in [0.29, 0.717) is 13.1 Å². The molecule has 0 spiro atoms. The van der Waals surface area contributed by atoms with Gasteiger partial charge in [-0.1, -0.05) is 30.3 Å². The second-order valence-corrected chi connectivity index (χ2v) is 4.67. The number of aliphatic hydroxyl groups is 1. The summed E-state index contributed by atoms with van der Waals surface area (Å²) < 4.78 is 0. The highest BCUT2D eigenvalue weighted by atomic mass is 16.3. The molecule has 0 aliphatic rings. The van der Waals surface area contributed by atoms with E-state index in [1.165, 1.54) is 5.56 Å². The van der Waals surface area contributed by atoms with E-state index in [-0.39, 0.29) is 0 Å². The van der Waals surface area contributed by atoms with Gasteiger partial charge >= 0.3 is 0 Å². The summed E-state index contributed by atoms with van der Waals surface area (Å²) in [4.78, 5) is 2.11. The molecular formula is C13H22N2O. The lowest BCUT2D eigenvalue weighted by Crippen LogP contribution is -2.45. The molecule has 90 valence electrons. The first-order chi connectivity index (χ1) is 7.53. The fourth-order valence-electron chi connectivity index (χ4n) is 1.69. The maximum absolute atomic E-state index is 9.82. The Bertz CT molecular complexity index is 298. The van der Waals surface area contributed by atoms with Crippen LogP contribution in [0.4, 0.5) is 0 Å². The normalized spacial score (nSPS) is 15.1. The molecule has 0 aliphatic carbocycles. The van der Waals surface area contributed by atoms with E-state index in [9.17, 15) is 5.11 Å². The molecule has 0 saturated heterocycles. The van der Waals surface area contributed by atoms with Gasteiger partial charge in [0, 0.05) is 19.6 Å². The molecule has 3 N–H and O–H groups in total. The summed E-state index contributed by atoms with van der Waals surface area (Å²) in [5, 5.41) is 9.82. The van der Waals surface area contributed by atoms with Crippen molar-refractivity contribution in [2.24, 2.45) is 5.73 Å². The lowest BCUT2D eigenvalue weighted by atomic mass is 10.1. The highest BCUT2D eigenvalue weighted by molar-refractivity contribution is 5.14. The molecule has 1 aromatic rings. The van der Waals surface area contributed by atoms with Crippen LogP contribution in [0.15, 0.2) is 30.3 Å². The third-order valence-electron chi connectivity index (χ3n) is 2.68. The molecule has 0 amide bonds. The Balaban J connectivity index is 2.33. The fraction of sp³-hybridized carbons (Fsp3) is 0.538. The Kier molecular flexibility index (Phi) is 4.93. The van der Waals surface area contributed by atoms with E-state index in [0.717, 1.165) is 13.0 Å². The van der Waals surface area contributed by atoms with Crippen molar-refractivity contribution >= 4 is 0 Å². The Labute approximate surface area is 97.9 Å². The number of hydrogen-bond donors (Lipinski definition) is 2. The lowest BCUT2D eigenvalue weighted by molar-refractivity contribution is 0.0355. The van der Waals surface area contributed by atoms with Gasteiger partial charge in [0.15, 0.2) is 0 Å². The summed E-state index contributed by atoms with van der Waals surface area (Å²) in [7, 11) is 2.01. The van der Waals surface area contributed by atoms with Gasteiger partial charge in [0.05, 0.1) is 5.60 Å². The SMILES string of the molecule is CN(CCc1ccccc1)CC(C)(O)CN. The molecule has 0 aromatic heterocycles. The summed E-state index contributed by atoms with van der Waals surface area (Å²) in [6, 6.07) is 10.4. The second-order valence-electron chi connectivity index (χ2n) is 4.67. The van der Waals surface area contributed by atoms with Crippen molar-refractivity contribution in [3.8, 4) is 0 Å². The van der Waals surface area contributed by atoms with Crippen LogP contribution in [0.25, 0.3) is 0 Å². The molecule has 1 rings (SSSR count). The van der Waals surface area contributed by atoms with E-state index in [1.54, 1.807) is 6.92 Å². The average Bonchev–Trinajstić information content (AvgIpc) is 2.27. The molecule has 0 aliphatic heterocycles. The number of hydrogen-bond acceptors (Lipinski definition) is 3. The van der Waals surface area contributed by atoms with Crippen LogP contribution in [0, 0.1) is 0 Å². The van der Waals surface area contributed by atoms with Crippen LogP contribution in [0.1, 0.15) is 12.5 Å². The van der Waals surface area contributed by atoms with E-state index < -0.39 is 5.60 Å². The smallest absolute Gasteiger partial charge is 0.0867 e. The molecule has 16 heavy (non-hydrogen) atoms. The van der Waals surface area contributed by atoms with E-state index in [4.69, 9.17) is 5.73 Å². The quantitative estimate of drug-likeness (QED) is 0.751. The van der Waals surface area contributed by atoms with Gasteiger partial charge in [0.2, 0.25) is 0 Å². The summed E-state index contributed by atoms with van der Waals surface area (Å²) in [6.45, 7) is 3.60. The first kappa shape index (κ1) is 13.2. The van der Waals surface area contributed by atoms with Gasteiger partial charge in [-0.2, -0.15) is 0 Å². The molecule has 0 bridgehead atoms. The van der Waals surface area contributed by atoms with Gasteiger partial charge < -0.3 is 15.7 Å². The van der Waals surface area contributed by atoms with Crippen molar-refractivity contribution in [1.29, 1.82) is 0 Å². The minimum absolute atomic E-state index is 0.294. The summed E-state index contributed by atoms with van der Waals surface area (Å²) in [5.41, 5.74) is 6.02. The molecule has 3 heteroatoms. The van der Waals surface area contributed by atoms with E-state index >= 15 is 0 Å². The van der Waals surface area contributed by atoms with Crippen molar-refractivity contribution in [3.05, 3.63) is 35.9 Å². The zero-order valence-electron chi connectivity index (χ0n) is 10.2. The average molecular weight is 222 g/mol. The summed E-state index contributed by atoms with van der Waals surface area (Å²) >= 11 is 0. The highest BCUT2D eigenvalue weighted by Crippen LogP contribution is 2.05. The second kappa shape index (κ2) is 5.99. The molecule has 0 radical (unpaired) electrons. The van der Waals surface area contributed by atoms with Crippen LogP contribution in [0.5, 0.6) is 0 Å². The molecule has 0 heterocycles. The van der Waals surface area contributed by atoms with Gasteiger partial charge in [-0.3, -0.25) is 0 Å². The van der Waals surface area contributed by atoms with Crippen LogP contribution >= 0.6 is 0 Å². The number of benzene rings is 1. The van der Waals surface area contributed by atoms with Crippen molar-refractivity contribution < 1.29 is 5.11 Å². The van der Waals surface area contributed by atoms with Gasteiger partial charge in [-0.15, -0.1) is 0 Å². The Morgan fingerprint density at radius 1 is 1.31 bits per heavy atom. The topological polar surface area (TPSA) is 49.5 Å². The molecule has 3 nitrogen and oxygen atoms in total. The number of rotatable bonds is 6. The first-order valence-electron chi connectivity index (χ1n) is 5.68. The Morgan fingerprint density at radius 3 is 2.50 bits per heavy atom. The minimum atomic E-state index is -0.786. The highest BCUT2D eigenvalue weighted by Gasteiger charge is 2.19. The van der Waals surface area contributed by atoms with Gasteiger partial charge in [-0.05, 0) is 26.0 Å². The predicted octanol–water partition coefficient (Wildman–Crippen LogP) is 0.871. The van der Waals surface area contributed by atoms with Gasteiger partial charge in [-0.25, -0.2) is 0 Å². The zero-order chi connectivity index (χ0) is 12.0. The Morgan fingerprint density at radius 2 is 1.94 bits per heavy atom. The van der Waals surface area contributed by atoms with Crippen LogP contribution in [0.2, 0.25) is 0 Å². The van der Waals surface area contributed by atoms with Crippen molar-refractivity contribution in [3.63, 3.8) is 0 Å². The summed E-state index contributed by atoms with van der Waals surface area (Å²) in [5.74, 6) is 0. The third-order valence-corrected chi connectivity index (χ3v) is 2.68. The molecule has 1 unspecified atom stereocenters. The van der Waals surface area contributed by atoms with Crippen molar-refractivity contribution in [2.45, 2.75) is 18.9 Å². The molecular weight excluding hydrogens is 200 g/mol. The summed E-state index contributed by atoms with van der Waals surface area (Å²) in [6.07, 6.45) is 0.998. The first-order valence-corrected chi connectivity index (χ1v) is 5.68. The van der Waals surface area contributed by atoms with E-state index in [1.807, 2.05) is 25.2 Å². The minimum Gasteiger partial charge on any atom is -0.388 e. The van der Waals surface area contributed by atoms with Crippen LogP contribution in [-0.2, 0) is 6.42 Å². The predicted molar refractivity (Wildman–Crippen MR) is 67.3 cm³/mol.